The Morgan fingerprint density at radius 2 is 1.67 bits per heavy atom. The Morgan fingerprint density at radius 3 is 2.39 bits per heavy atom. The van der Waals surface area contributed by atoms with Crippen molar-refractivity contribution in [3.63, 3.8) is 0 Å². The second-order valence-corrected chi connectivity index (χ2v) is 8.86. The van der Waals surface area contributed by atoms with Gasteiger partial charge in [0.2, 0.25) is 0 Å². The molecule has 166 valence electrons. The number of rotatable bonds is 3. The first-order valence-electron chi connectivity index (χ1n) is 11.5. The van der Waals surface area contributed by atoms with Crippen LogP contribution in [0.1, 0.15) is 46.5 Å². The fourth-order valence-corrected chi connectivity index (χ4v) is 4.87. The maximum Gasteiger partial charge on any atom is 0.322 e. The number of carbonyl (C=O) groups excluding carboxylic acids is 1. The summed E-state index contributed by atoms with van der Waals surface area (Å²) in [6.45, 7) is 6.78. The largest absolute Gasteiger partial charge is 0.322 e. The lowest BCUT2D eigenvalue weighted by molar-refractivity contribution is 0.194. The van der Waals surface area contributed by atoms with Crippen LogP contribution in [0.15, 0.2) is 85.1 Å². The van der Waals surface area contributed by atoms with Crippen molar-refractivity contribution >= 4 is 11.7 Å². The number of anilines is 1. The van der Waals surface area contributed by atoms with Gasteiger partial charge in [0.05, 0.1) is 18.3 Å². The molecule has 4 nitrogen and oxygen atoms in total. The van der Waals surface area contributed by atoms with Crippen LogP contribution in [-0.4, -0.2) is 15.5 Å². The third kappa shape index (κ3) is 4.05. The number of benzene rings is 3. The molecule has 0 unspecified atom stereocenters. The first-order chi connectivity index (χ1) is 16.0. The SMILES string of the molecule is CCc1ccc([C@@H]2c3cccn3-c3ccccc3CN2C(=O)Nc2cc(C)cc(C)c2)cc1. The number of hydrogen-bond acceptors (Lipinski definition) is 1. The average Bonchev–Trinajstić information content (AvgIpc) is 3.23. The van der Waals surface area contributed by atoms with Crippen LogP contribution in [-0.2, 0) is 13.0 Å². The third-order valence-corrected chi connectivity index (χ3v) is 6.40. The molecule has 1 atom stereocenters. The van der Waals surface area contributed by atoms with Crippen LogP contribution in [0.5, 0.6) is 0 Å². The molecular weight excluding hydrogens is 406 g/mol. The molecule has 0 saturated carbocycles. The zero-order valence-corrected chi connectivity index (χ0v) is 19.4. The lowest BCUT2D eigenvalue weighted by Gasteiger charge is -2.31. The summed E-state index contributed by atoms with van der Waals surface area (Å²) < 4.78 is 2.22. The van der Waals surface area contributed by atoms with E-state index in [0.717, 1.165) is 45.7 Å². The van der Waals surface area contributed by atoms with Crippen molar-refractivity contribution in [3.05, 3.63) is 119 Å². The highest BCUT2D eigenvalue weighted by atomic mass is 16.2. The molecule has 33 heavy (non-hydrogen) atoms. The smallest absolute Gasteiger partial charge is 0.318 e. The van der Waals surface area contributed by atoms with Gasteiger partial charge in [0.1, 0.15) is 0 Å². The quantitative estimate of drug-likeness (QED) is 0.378. The number of fused-ring (bicyclic) bond motifs is 3. The monoisotopic (exact) mass is 435 g/mol. The first-order valence-corrected chi connectivity index (χ1v) is 11.5. The highest BCUT2D eigenvalue weighted by Crippen LogP contribution is 2.37. The number of hydrogen-bond donors (Lipinski definition) is 1. The van der Waals surface area contributed by atoms with Gasteiger partial charge < -0.3 is 14.8 Å². The molecule has 0 aliphatic carbocycles. The number of aromatic nitrogens is 1. The van der Waals surface area contributed by atoms with Crippen LogP contribution in [0.25, 0.3) is 5.69 Å². The van der Waals surface area contributed by atoms with E-state index in [9.17, 15) is 4.79 Å². The molecule has 3 aromatic carbocycles. The molecule has 2 amide bonds. The number of carbonyl (C=O) groups is 1. The fourth-order valence-electron chi connectivity index (χ4n) is 4.87. The lowest BCUT2D eigenvalue weighted by Crippen LogP contribution is -2.38. The molecule has 1 N–H and O–H groups in total. The molecule has 1 aliphatic heterocycles. The zero-order chi connectivity index (χ0) is 22.9. The zero-order valence-electron chi connectivity index (χ0n) is 19.4. The standard InChI is InChI=1S/C29H29N3O/c1-4-22-11-13-23(14-12-22)28-27-10-7-15-31(27)26-9-6-5-8-24(26)19-32(28)29(33)30-25-17-20(2)16-21(3)18-25/h5-18,28H,4,19H2,1-3H3,(H,30,33)/t28-/m1/s1. The Kier molecular flexibility index (Phi) is 5.51. The van der Waals surface area contributed by atoms with Gasteiger partial charge in [0, 0.05) is 17.6 Å². The molecule has 2 heterocycles. The van der Waals surface area contributed by atoms with Gasteiger partial charge >= 0.3 is 6.03 Å². The Bertz CT molecular complexity index is 1280. The predicted molar refractivity (Wildman–Crippen MR) is 134 cm³/mol. The van der Waals surface area contributed by atoms with Crippen LogP contribution >= 0.6 is 0 Å². The van der Waals surface area contributed by atoms with Crippen molar-refractivity contribution < 1.29 is 4.79 Å². The highest BCUT2D eigenvalue weighted by Gasteiger charge is 2.33. The van der Waals surface area contributed by atoms with E-state index in [1.807, 2.05) is 23.1 Å². The van der Waals surface area contributed by atoms with Gasteiger partial charge in [-0.3, -0.25) is 0 Å². The summed E-state index contributed by atoms with van der Waals surface area (Å²) in [7, 11) is 0. The average molecular weight is 436 g/mol. The van der Waals surface area contributed by atoms with Crippen molar-refractivity contribution in [3.8, 4) is 5.69 Å². The minimum Gasteiger partial charge on any atom is -0.318 e. The summed E-state index contributed by atoms with van der Waals surface area (Å²) in [6.07, 6.45) is 3.08. The maximum absolute atomic E-state index is 13.8. The van der Waals surface area contributed by atoms with Crippen molar-refractivity contribution in [1.29, 1.82) is 0 Å². The minimum absolute atomic E-state index is 0.103. The topological polar surface area (TPSA) is 37.3 Å². The van der Waals surface area contributed by atoms with Crippen molar-refractivity contribution in [2.24, 2.45) is 0 Å². The summed E-state index contributed by atoms with van der Waals surface area (Å²) in [6, 6.07) is 27.0. The molecule has 0 radical (unpaired) electrons. The van der Waals surface area contributed by atoms with Crippen LogP contribution < -0.4 is 5.32 Å². The van der Waals surface area contributed by atoms with Crippen molar-refractivity contribution in [1.82, 2.24) is 9.47 Å². The third-order valence-electron chi connectivity index (χ3n) is 6.40. The van der Waals surface area contributed by atoms with Crippen LogP contribution in [0, 0.1) is 13.8 Å². The van der Waals surface area contributed by atoms with Crippen molar-refractivity contribution in [2.75, 3.05) is 5.32 Å². The molecule has 0 spiro atoms. The van der Waals surface area contributed by atoms with E-state index in [4.69, 9.17) is 0 Å². The molecule has 1 aliphatic rings. The molecular formula is C29H29N3O. The van der Waals surface area contributed by atoms with Crippen LogP contribution in [0.4, 0.5) is 10.5 Å². The van der Waals surface area contributed by atoms with Crippen molar-refractivity contribution in [2.45, 2.75) is 39.8 Å². The van der Waals surface area contributed by atoms with Gasteiger partial charge in [-0.2, -0.15) is 0 Å². The second kappa shape index (κ2) is 8.62. The van der Waals surface area contributed by atoms with E-state index in [-0.39, 0.29) is 12.1 Å². The van der Waals surface area contributed by atoms with Gasteiger partial charge in [-0.05, 0) is 78.4 Å². The summed E-state index contributed by atoms with van der Waals surface area (Å²) in [5.74, 6) is 0. The van der Waals surface area contributed by atoms with Gasteiger partial charge in [-0.15, -0.1) is 0 Å². The molecule has 1 aromatic heterocycles. The number of nitrogens with one attached hydrogen (secondary N) is 1. The molecule has 0 fully saturated rings. The number of urea groups is 1. The Labute approximate surface area is 195 Å². The first kappa shape index (κ1) is 21.1. The minimum atomic E-state index is -0.204. The Morgan fingerprint density at radius 1 is 0.939 bits per heavy atom. The van der Waals surface area contributed by atoms with E-state index in [2.05, 4.69) is 97.5 Å². The Hall–Kier alpha value is -3.79. The van der Waals surface area contributed by atoms with Crippen LogP contribution in [0.2, 0.25) is 0 Å². The summed E-state index contributed by atoms with van der Waals surface area (Å²) in [4.78, 5) is 15.8. The van der Waals surface area contributed by atoms with Gasteiger partial charge in [0.15, 0.2) is 0 Å². The number of nitrogens with zero attached hydrogens (tertiary/aromatic N) is 2. The van der Waals surface area contributed by atoms with Crippen LogP contribution in [0.3, 0.4) is 0 Å². The van der Waals surface area contributed by atoms with Gasteiger partial charge in [0.25, 0.3) is 0 Å². The maximum atomic E-state index is 13.8. The normalized spacial score (nSPS) is 14.9. The molecule has 4 heteroatoms. The van der Waals surface area contributed by atoms with E-state index >= 15 is 0 Å². The molecule has 5 rings (SSSR count). The van der Waals surface area contributed by atoms with E-state index in [0.29, 0.717) is 6.54 Å². The highest BCUT2D eigenvalue weighted by molar-refractivity contribution is 5.90. The molecule has 4 aromatic rings. The van der Waals surface area contributed by atoms with E-state index in [1.54, 1.807) is 0 Å². The molecule has 0 saturated heterocycles. The van der Waals surface area contributed by atoms with E-state index in [1.165, 1.54) is 5.56 Å². The second-order valence-electron chi connectivity index (χ2n) is 8.86. The van der Waals surface area contributed by atoms with E-state index < -0.39 is 0 Å². The van der Waals surface area contributed by atoms with Gasteiger partial charge in [-0.25, -0.2) is 4.79 Å². The summed E-state index contributed by atoms with van der Waals surface area (Å²) in [5.41, 5.74) is 8.81. The Balaban J connectivity index is 1.62. The van der Waals surface area contributed by atoms with Gasteiger partial charge in [-0.1, -0.05) is 55.5 Å². The summed E-state index contributed by atoms with van der Waals surface area (Å²) in [5, 5.41) is 3.17. The number of para-hydroxylation sites is 1. The predicted octanol–water partition coefficient (Wildman–Crippen LogP) is 6.79. The number of aryl methyl sites for hydroxylation is 3. The number of amides is 2. The summed E-state index contributed by atoms with van der Waals surface area (Å²) >= 11 is 0. The lowest BCUT2D eigenvalue weighted by atomic mass is 10.00. The molecule has 0 bridgehead atoms. The fraction of sp³-hybridized carbons (Fsp3) is 0.207.